The number of piperidine rings is 1. The van der Waals surface area contributed by atoms with Crippen molar-refractivity contribution in [1.82, 2.24) is 25.3 Å². The van der Waals surface area contributed by atoms with Crippen LogP contribution in [0.15, 0.2) is 24.8 Å². The fourth-order valence-corrected chi connectivity index (χ4v) is 3.53. The second-order valence-corrected chi connectivity index (χ2v) is 6.60. The zero-order chi connectivity index (χ0) is 19.0. The minimum atomic E-state index is -4.51. The van der Waals surface area contributed by atoms with Crippen molar-refractivity contribution in [3.05, 3.63) is 24.8 Å². The molecule has 3 aromatic rings. The van der Waals surface area contributed by atoms with Gasteiger partial charge in [0.15, 0.2) is 0 Å². The largest absolute Gasteiger partial charge is 0.397 e. The number of anilines is 1. The smallest absolute Gasteiger partial charge is 0.354 e. The number of alkyl halides is 3. The van der Waals surface area contributed by atoms with Gasteiger partial charge < -0.3 is 15.2 Å². The molecule has 2 N–H and O–H groups in total. The van der Waals surface area contributed by atoms with E-state index in [2.05, 4.69) is 25.3 Å². The van der Waals surface area contributed by atoms with Crippen LogP contribution in [0.3, 0.4) is 0 Å². The van der Waals surface area contributed by atoms with Gasteiger partial charge in [0.1, 0.15) is 24.2 Å². The Balaban J connectivity index is 1.60. The number of nitrogens with one attached hydrogen (secondary N) is 2. The molecule has 1 saturated heterocycles. The molecule has 0 aromatic carbocycles. The number of pyridine rings is 1. The predicted octanol–water partition coefficient (Wildman–Crippen LogP) is 2.54. The van der Waals surface area contributed by atoms with E-state index in [1.165, 1.54) is 6.33 Å². The molecule has 1 unspecified atom stereocenters. The molecule has 1 aliphatic heterocycles. The quantitative estimate of drug-likeness (QED) is 0.732. The summed E-state index contributed by atoms with van der Waals surface area (Å²) in [4.78, 5) is 29.7. The molecule has 0 radical (unpaired) electrons. The number of amides is 1. The second-order valence-electron chi connectivity index (χ2n) is 6.60. The van der Waals surface area contributed by atoms with Crippen molar-refractivity contribution in [3.8, 4) is 0 Å². The zero-order valence-electron chi connectivity index (χ0n) is 14.3. The summed E-state index contributed by atoms with van der Waals surface area (Å²) in [5.41, 5.74) is 1.40. The van der Waals surface area contributed by atoms with Crippen LogP contribution in [0.4, 0.5) is 19.0 Å². The molecule has 7 nitrogen and oxygen atoms in total. The Kier molecular flexibility index (Phi) is 4.33. The highest BCUT2D eigenvalue weighted by atomic mass is 19.4. The third kappa shape index (κ3) is 3.64. The van der Waals surface area contributed by atoms with Crippen molar-refractivity contribution < 1.29 is 18.0 Å². The second kappa shape index (κ2) is 6.67. The van der Waals surface area contributed by atoms with E-state index in [9.17, 15) is 18.0 Å². The minimum absolute atomic E-state index is 0.359. The average Bonchev–Trinajstić information content (AvgIpc) is 3.08. The molecule has 1 amide bonds. The molecule has 1 atom stereocenters. The number of carbonyl (C=O) groups is 1. The molecule has 1 aliphatic rings. The first kappa shape index (κ1) is 17.5. The van der Waals surface area contributed by atoms with Crippen molar-refractivity contribution in [2.75, 3.05) is 18.0 Å². The maximum absolute atomic E-state index is 12.4. The Morgan fingerprint density at radius 3 is 3.00 bits per heavy atom. The van der Waals surface area contributed by atoms with E-state index < -0.39 is 18.5 Å². The molecule has 142 valence electrons. The fraction of sp³-hybridized carbons (Fsp3) is 0.412. The van der Waals surface area contributed by atoms with E-state index in [4.69, 9.17) is 0 Å². The SMILES string of the molecule is O=C(CC(F)(F)F)NC1CCCN(c2ncnc3cnc4[nH]ccc4c23)C1. The van der Waals surface area contributed by atoms with E-state index in [0.717, 1.165) is 17.2 Å². The van der Waals surface area contributed by atoms with Crippen LogP contribution in [0.25, 0.3) is 21.9 Å². The summed E-state index contributed by atoms with van der Waals surface area (Å²) in [7, 11) is 0. The van der Waals surface area contributed by atoms with E-state index >= 15 is 0 Å². The van der Waals surface area contributed by atoms with Gasteiger partial charge in [-0.2, -0.15) is 13.2 Å². The van der Waals surface area contributed by atoms with Gasteiger partial charge in [0.2, 0.25) is 5.91 Å². The number of aromatic amines is 1. The summed E-state index contributed by atoms with van der Waals surface area (Å²) < 4.78 is 37.2. The number of rotatable bonds is 3. The molecule has 3 aromatic heterocycles. The lowest BCUT2D eigenvalue weighted by Gasteiger charge is -2.34. The number of hydrogen-bond acceptors (Lipinski definition) is 5. The maximum atomic E-state index is 12.4. The molecule has 0 saturated carbocycles. The van der Waals surface area contributed by atoms with Crippen LogP contribution in [0.5, 0.6) is 0 Å². The number of carbonyl (C=O) groups excluding carboxylic acids is 1. The van der Waals surface area contributed by atoms with Gasteiger partial charge in [0.25, 0.3) is 0 Å². The third-order valence-electron chi connectivity index (χ3n) is 4.61. The first-order valence-corrected chi connectivity index (χ1v) is 8.58. The van der Waals surface area contributed by atoms with Crippen molar-refractivity contribution in [2.45, 2.75) is 31.5 Å². The number of fused-ring (bicyclic) bond motifs is 3. The van der Waals surface area contributed by atoms with Gasteiger partial charge in [-0.25, -0.2) is 15.0 Å². The van der Waals surface area contributed by atoms with Gasteiger partial charge in [0, 0.05) is 30.7 Å². The van der Waals surface area contributed by atoms with Gasteiger partial charge in [-0.05, 0) is 18.9 Å². The molecular formula is C17H17F3N6O. The predicted molar refractivity (Wildman–Crippen MR) is 93.2 cm³/mol. The first-order valence-electron chi connectivity index (χ1n) is 8.58. The lowest BCUT2D eigenvalue weighted by Crippen LogP contribution is -2.48. The van der Waals surface area contributed by atoms with Crippen LogP contribution in [0.1, 0.15) is 19.3 Å². The van der Waals surface area contributed by atoms with Crippen LogP contribution in [-0.2, 0) is 4.79 Å². The molecule has 27 heavy (non-hydrogen) atoms. The van der Waals surface area contributed by atoms with Gasteiger partial charge in [-0.3, -0.25) is 4.79 Å². The number of hydrogen-bond donors (Lipinski definition) is 2. The lowest BCUT2D eigenvalue weighted by atomic mass is 10.0. The third-order valence-corrected chi connectivity index (χ3v) is 4.61. The van der Waals surface area contributed by atoms with Gasteiger partial charge in [-0.1, -0.05) is 0 Å². The average molecular weight is 378 g/mol. The number of halogens is 3. The van der Waals surface area contributed by atoms with Crippen LogP contribution in [-0.4, -0.2) is 51.2 Å². The zero-order valence-corrected chi connectivity index (χ0v) is 14.3. The van der Waals surface area contributed by atoms with E-state index in [1.807, 2.05) is 11.0 Å². The number of H-pyrrole nitrogens is 1. The highest BCUT2D eigenvalue weighted by molar-refractivity contribution is 6.08. The maximum Gasteiger partial charge on any atom is 0.397 e. The van der Waals surface area contributed by atoms with E-state index in [1.54, 1.807) is 12.4 Å². The van der Waals surface area contributed by atoms with E-state index in [0.29, 0.717) is 36.5 Å². The Bertz CT molecular complexity index is 986. The van der Waals surface area contributed by atoms with Gasteiger partial charge in [-0.15, -0.1) is 0 Å². The number of nitrogens with zero attached hydrogens (tertiary/aromatic N) is 4. The molecule has 4 heterocycles. The summed E-state index contributed by atoms with van der Waals surface area (Å²) in [6.07, 6.45) is 0.289. The Morgan fingerprint density at radius 2 is 2.19 bits per heavy atom. The topological polar surface area (TPSA) is 86.8 Å². The first-order chi connectivity index (χ1) is 12.9. The molecule has 0 spiro atoms. The monoisotopic (exact) mass is 378 g/mol. The molecule has 0 bridgehead atoms. The molecule has 4 rings (SSSR count). The summed E-state index contributed by atoms with van der Waals surface area (Å²) >= 11 is 0. The van der Waals surface area contributed by atoms with Crippen molar-refractivity contribution in [1.29, 1.82) is 0 Å². The molecule has 10 heteroatoms. The standard InChI is InChI=1S/C17H17F3N6O/c18-17(19,20)6-13(27)25-10-2-1-5-26(8-10)16-14-11-3-4-21-15(11)22-7-12(14)23-9-24-16/h3-4,7,9-10H,1-2,5-6,8H2,(H,21,22)(H,25,27). The Hall–Kier alpha value is -2.91. The fourth-order valence-electron chi connectivity index (χ4n) is 3.53. The van der Waals surface area contributed by atoms with Crippen LogP contribution in [0, 0.1) is 0 Å². The van der Waals surface area contributed by atoms with Gasteiger partial charge >= 0.3 is 6.18 Å². The Morgan fingerprint density at radius 1 is 1.33 bits per heavy atom. The molecule has 1 fully saturated rings. The van der Waals surface area contributed by atoms with Crippen molar-refractivity contribution >= 4 is 33.7 Å². The summed E-state index contributed by atoms with van der Waals surface area (Å²) in [5.74, 6) is -0.305. The van der Waals surface area contributed by atoms with Crippen molar-refractivity contribution in [3.63, 3.8) is 0 Å². The Labute approximate surface area is 152 Å². The lowest BCUT2D eigenvalue weighted by molar-refractivity contribution is -0.154. The molecular weight excluding hydrogens is 361 g/mol. The van der Waals surface area contributed by atoms with Gasteiger partial charge in [0.05, 0.1) is 17.1 Å². The molecule has 0 aliphatic carbocycles. The van der Waals surface area contributed by atoms with E-state index in [-0.39, 0.29) is 6.04 Å². The van der Waals surface area contributed by atoms with Crippen molar-refractivity contribution in [2.24, 2.45) is 0 Å². The van der Waals surface area contributed by atoms with Crippen LogP contribution in [0.2, 0.25) is 0 Å². The summed E-state index contributed by atoms with van der Waals surface area (Å²) in [6, 6.07) is 1.53. The minimum Gasteiger partial charge on any atom is -0.354 e. The highest BCUT2D eigenvalue weighted by Gasteiger charge is 2.33. The summed E-state index contributed by atoms with van der Waals surface area (Å²) in [5, 5.41) is 4.21. The highest BCUT2D eigenvalue weighted by Crippen LogP contribution is 2.30. The normalized spacial score (nSPS) is 18.2. The van der Waals surface area contributed by atoms with Crippen LogP contribution >= 0.6 is 0 Å². The van der Waals surface area contributed by atoms with Crippen LogP contribution < -0.4 is 10.2 Å². The summed E-state index contributed by atoms with van der Waals surface area (Å²) in [6.45, 7) is 1.09. The number of aromatic nitrogens is 4.